The van der Waals surface area contributed by atoms with Gasteiger partial charge in [0, 0.05) is 5.56 Å². The largest absolute Gasteiger partial charge is 0.497 e. The molecular formula is C13H11N5O2S. The highest BCUT2D eigenvalue weighted by atomic mass is 32.1. The van der Waals surface area contributed by atoms with E-state index in [1.807, 2.05) is 24.3 Å². The summed E-state index contributed by atoms with van der Waals surface area (Å²) < 4.78 is 5.11. The molecule has 21 heavy (non-hydrogen) atoms. The number of aromatic nitrogens is 4. The van der Waals surface area contributed by atoms with E-state index in [4.69, 9.17) is 10.5 Å². The van der Waals surface area contributed by atoms with Crippen LogP contribution < -0.4 is 16.0 Å². The van der Waals surface area contributed by atoms with Crippen LogP contribution in [0, 0.1) is 0 Å². The minimum Gasteiger partial charge on any atom is -0.497 e. The molecule has 106 valence electrons. The average molecular weight is 301 g/mol. The smallest absolute Gasteiger partial charge is 0.274 e. The maximum Gasteiger partial charge on any atom is 0.274 e. The van der Waals surface area contributed by atoms with Crippen molar-refractivity contribution in [3.63, 3.8) is 0 Å². The number of ether oxygens (including phenoxy) is 1. The van der Waals surface area contributed by atoms with Crippen molar-refractivity contribution in [2.24, 2.45) is 0 Å². The Kier molecular flexibility index (Phi) is 3.36. The number of rotatable bonds is 3. The van der Waals surface area contributed by atoms with Gasteiger partial charge in [-0.25, -0.2) is 5.10 Å². The molecule has 2 heterocycles. The second kappa shape index (κ2) is 5.33. The molecule has 0 aliphatic heterocycles. The molecule has 3 rings (SSSR count). The van der Waals surface area contributed by atoms with Crippen molar-refractivity contribution >= 4 is 16.5 Å². The highest BCUT2D eigenvalue weighted by Crippen LogP contribution is 2.25. The van der Waals surface area contributed by atoms with Gasteiger partial charge in [0.25, 0.3) is 5.56 Å². The van der Waals surface area contributed by atoms with E-state index in [1.165, 1.54) is 0 Å². The maximum atomic E-state index is 11.9. The predicted molar refractivity (Wildman–Crippen MR) is 80.2 cm³/mol. The van der Waals surface area contributed by atoms with E-state index in [0.717, 1.165) is 22.6 Å². The molecule has 0 saturated carbocycles. The number of nitrogens with zero attached hydrogens (tertiary/aromatic N) is 3. The van der Waals surface area contributed by atoms with Gasteiger partial charge < -0.3 is 10.5 Å². The summed E-state index contributed by atoms with van der Waals surface area (Å²) in [6.45, 7) is 0. The van der Waals surface area contributed by atoms with Crippen molar-refractivity contribution in [3.8, 4) is 27.6 Å². The number of nitrogens with two attached hydrogens (primary N) is 1. The normalized spacial score (nSPS) is 10.5. The van der Waals surface area contributed by atoms with E-state index in [1.54, 1.807) is 13.2 Å². The van der Waals surface area contributed by atoms with Crippen molar-refractivity contribution in [3.05, 3.63) is 40.7 Å². The Morgan fingerprint density at radius 2 is 2.00 bits per heavy atom. The number of nitrogen functional groups attached to an aromatic ring is 1. The summed E-state index contributed by atoms with van der Waals surface area (Å²) in [5, 5.41) is 14.9. The standard InChI is InChI=1S/C13H11N5O2S/c1-20-8-4-2-7(3-5-8)10-6-9(11(19)16-15-10)12-17-18-13(14)21-12/h2-6H,1H3,(H2,14,18)(H,16,19). The molecule has 0 spiro atoms. The Bertz CT molecular complexity index is 825. The third-order valence-electron chi connectivity index (χ3n) is 2.86. The van der Waals surface area contributed by atoms with Crippen molar-refractivity contribution in [2.45, 2.75) is 0 Å². The SMILES string of the molecule is COc1ccc(-c2cc(-c3nnc(N)s3)c(=O)[nH]n2)cc1. The fourth-order valence-corrected chi connectivity index (χ4v) is 2.44. The van der Waals surface area contributed by atoms with Crippen molar-refractivity contribution in [1.82, 2.24) is 20.4 Å². The van der Waals surface area contributed by atoms with E-state index in [-0.39, 0.29) is 5.56 Å². The van der Waals surface area contributed by atoms with E-state index < -0.39 is 0 Å². The van der Waals surface area contributed by atoms with Gasteiger partial charge in [-0.3, -0.25) is 4.79 Å². The predicted octanol–water partition coefficient (Wildman–Crippen LogP) is 1.55. The van der Waals surface area contributed by atoms with Crippen LogP contribution in [0.5, 0.6) is 5.75 Å². The summed E-state index contributed by atoms with van der Waals surface area (Å²) in [6, 6.07) is 9.03. The molecular weight excluding hydrogens is 290 g/mol. The molecule has 8 heteroatoms. The molecule has 0 atom stereocenters. The molecule has 0 bridgehead atoms. The molecule has 0 saturated heterocycles. The quantitative estimate of drug-likeness (QED) is 0.760. The summed E-state index contributed by atoms with van der Waals surface area (Å²) >= 11 is 1.15. The average Bonchev–Trinajstić information content (AvgIpc) is 2.94. The van der Waals surface area contributed by atoms with Gasteiger partial charge in [-0.2, -0.15) is 5.10 Å². The molecule has 1 aromatic carbocycles. The van der Waals surface area contributed by atoms with Gasteiger partial charge in [-0.05, 0) is 30.3 Å². The van der Waals surface area contributed by atoms with Crippen LogP contribution in [0.25, 0.3) is 21.8 Å². The zero-order valence-corrected chi connectivity index (χ0v) is 11.8. The summed E-state index contributed by atoms with van der Waals surface area (Å²) in [6.07, 6.45) is 0. The first-order valence-electron chi connectivity index (χ1n) is 6.01. The molecule has 3 aromatic rings. The number of hydrogen-bond donors (Lipinski definition) is 2. The zero-order valence-electron chi connectivity index (χ0n) is 11.0. The summed E-state index contributed by atoms with van der Waals surface area (Å²) in [7, 11) is 1.60. The van der Waals surface area contributed by atoms with Crippen molar-refractivity contribution in [1.29, 1.82) is 0 Å². The molecule has 0 unspecified atom stereocenters. The second-order valence-electron chi connectivity index (χ2n) is 4.17. The summed E-state index contributed by atoms with van der Waals surface area (Å²) in [4.78, 5) is 11.9. The van der Waals surface area contributed by atoms with E-state index >= 15 is 0 Å². The third-order valence-corrected chi connectivity index (χ3v) is 3.65. The number of benzene rings is 1. The first kappa shape index (κ1) is 13.3. The lowest BCUT2D eigenvalue weighted by Gasteiger charge is -2.03. The lowest BCUT2D eigenvalue weighted by Crippen LogP contribution is -2.11. The number of anilines is 1. The van der Waals surface area contributed by atoms with Crippen LogP contribution in [0.15, 0.2) is 35.1 Å². The maximum absolute atomic E-state index is 11.9. The van der Waals surface area contributed by atoms with E-state index in [9.17, 15) is 4.79 Å². The van der Waals surface area contributed by atoms with Crippen molar-refractivity contribution in [2.75, 3.05) is 12.8 Å². The van der Waals surface area contributed by atoms with Crippen molar-refractivity contribution < 1.29 is 4.74 Å². The van der Waals surface area contributed by atoms with Crippen LogP contribution in [0.1, 0.15) is 0 Å². The molecule has 0 radical (unpaired) electrons. The monoisotopic (exact) mass is 301 g/mol. The van der Waals surface area contributed by atoms with Gasteiger partial charge in [0.1, 0.15) is 5.75 Å². The molecule has 0 fully saturated rings. The number of methoxy groups -OCH3 is 1. The molecule has 7 nitrogen and oxygen atoms in total. The van der Waals surface area contributed by atoms with Gasteiger partial charge in [0.05, 0.1) is 18.4 Å². The number of hydrogen-bond acceptors (Lipinski definition) is 7. The van der Waals surface area contributed by atoms with Crippen LogP contribution >= 0.6 is 11.3 Å². The van der Waals surface area contributed by atoms with Gasteiger partial charge in [-0.1, -0.05) is 11.3 Å². The lowest BCUT2D eigenvalue weighted by molar-refractivity contribution is 0.415. The Labute approximate surface area is 123 Å². The van der Waals surface area contributed by atoms with Crippen LogP contribution in [0.3, 0.4) is 0 Å². The Morgan fingerprint density at radius 3 is 2.62 bits per heavy atom. The van der Waals surface area contributed by atoms with Gasteiger partial charge in [0.2, 0.25) is 5.13 Å². The summed E-state index contributed by atoms with van der Waals surface area (Å²) in [5.41, 5.74) is 7.09. The Balaban J connectivity index is 2.06. The number of nitrogens with one attached hydrogen (secondary N) is 1. The highest BCUT2D eigenvalue weighted by molar-refractivity contribution is 7.18. The molecule has 3 N–H and O–H groups in total. The first-order valence-corrected chi connectivity index (χ1v) is 6.82. The fourth-order valence-electron chi connectivity index (χ4n) is 1.82. The van der Waals surface area contributed by atoms with E-state index in [0.29, 0.717) is 21.4 Å². The van der Waals surface area contributed by atoms with Crippen LogP contribution in [-0.4, -0.2) is 27.5 Å². The Hall–Kier alpha value is -2.74. The second-order valence-corrected chi connectivity index (χ2v) is 5.18. The van der Waals surface area contributed by atoms with Crippen LogP contribution in [0.2, 0.25) is 0 Å². The summed E-state index contributed by atoms with van der Waals surface area (Å²) in [5.74, 6) is 0.750. The zero-order chi connectivity index (χ0) is 14.8. The van der Waals surface area contributed by atoms with Crippen LogP contribution in [-0.2, 0) is 0 Å². The minimum atomic E-state index is -0.330. The lowest BCUT2D eigenvalue weighted by atomic mass is 10.1. The topological polar surface area (TPSA) is 107 Å². The Morgan fingerprint density at radius 1 is 1.24 bits per heavy atom. The highest BCUT2D eigenvalue weighted by Gasteiger charge is 2.12. The van der Waals surface area contributed by atoms with E-state index in [2.05, 4.69) is 20.4 Å². The van der Waals surface area contributed by atoms with Gasteiger partial charge >= 0.3 is 0 Å². The van der Waals surface area contributed by atoms with Gasteiger partial charge in [-0.15, -0.1) is 10.2 Å². The number of H-pyrrole nitrogens is 1. The molecule has 2 aromatic heterocycles. The number of aromatic amines is 1. The first-order chi connectivity index (χ1) is 10.2. The van der Waals surface area contributed by atoms with Crippen LogP contribution in [0.4, 0.5) is 5.13 Å². The molecule has 0 aliphatic carbocycles. The third kappa shape index (κ3) is 2.61. The minimum absolute atomic E-state index is 0.312. The molecule has 0 amide bonds. The van der Waals surface area contributed by atoms with Gasteiger partial charge in [0.15, 0.2) is 5.01 Å². The molecule has 0 aliphatic rings. The fraction of sp³-hybridized carbons (Fsp3) is 0.0769.